The van der Waals surface area contributed by atoms with Gasteiger partial charge in [0, 0.05) is 10.4 Å². The van der Waals surface area contributed by atoms with E-state index in [-0.39, 0.29) is 5.16 Å². The summed E-state index contributed by atoms with van der Waals surface area (Å²) in [7, 11) is -3.90. The van der Waals surface area contributed by atoms with Crippen LogP contribution in [-0.4, -0.2) is 23.2 Å². The van der Waals surface area contributed by atoms with Crippen molar-refractivity contribution in [2.24, 2.45) is 5.14 Å². The van der Waals surface area contributed by atoms with E-state index in [1.165, 1.54) is 11.3 Å². The molecule has 104 valence electrons. The summed E-state index contributed by atoms with van der Waals surface area (Å²) in [6, 6.07) is 3.86. The molecule has 0 aromatic carbocycles. The molecule has 0 unspecified atom stereocenters. The number of nitrogens with zero attached hydrogens (tertiary/aromatic N) is 3. The average Bonchev–Trinajstić information content (AvgIpc) is 2.79. The molecule has 0 aliphatic carbocycles. The number of thiophene rings is 1. The highest BCUT2D eigenvalue weighted by molar-refractivity contribution is 7.89. The van der Waals surface area contributed by atoms with Crippen molar-refractivity contribution >= 4 is 21.4 Å². The first-order valence-corrected chi connectivity index (χ1v) is 8.02. The lowest BCUT2D eigenvalue weighted by Crippen LogP contribution is -2.29. The number of sulfonamides is 1. The van der Waals surface area contributed by atoms with Crippen molar-refractivity contribution < 1.29 is 8.42 Å². The van der Waals surface area contributed by atoms with Crippen LogP contribution in [0.3, 0.4) is 0 Å². The molecule has 0 saturated heterocycles. The predicted molar refractivity (Wildman–Crippen MR) is 74.4 cm³/mol. The van der Waals surface area contributed by atoms with Gasteiger partial charge in [0.1, 0.15) is 0 Å². The molecule has 2 heterocycles. The van der Waals surface area contributed by atoms with E-state index in [4.69, 9.17) is 5.14 Å². The highest BCUT2D eigenvalue weighted by Gasteiger charge is 2.29. The summed E-state index contributed by atoms with van der Waals surface area (Å²) in [5.74, 6) is 0.523. The summed E-state index contributed by atoms with van der Waals surface area (Å²) in [6.07, 6.45) is 0. The summed E-state index contributed by atoms with van der Waals surface area (Å²) in [6.45, 7) is 7.63. The normalized spacial score (nSPS) is 12.9. The number of aryl methyl sites for hydroxylation is 1. The number of rotatable bonds is 2. The van der Waals surface area contributed by atoms with E-state index in [0.29, 0.717) is 5.82 Å². The van der Waals surface area contributed by atoms with Crippen LogP contribution in [0.1, 0.15) is 25.6 Å². The van der Waals surface area contributed by atoms with Crippen LogP contribution in [0.15, 0.2) is 17.3 Å². The van der Waals surface area contributed by atoms with Crippen molar-refractivity contribution in [3.8, 4) is 10.7 Å². The Morgan fingerprint density at radius 2 is 1.89 bits per heavy atom. The molecule has 0 spiro atoms. The molecular formula is C11H16N4O2S2. The van der Waals surface area contributed by atoms with Gasteiger partial charge in [0.05, 0.1) is 4.88 Å². The van der Waals surface area contributed by atoms with E-state index < -0.39 is 15.6 Å². The zero-order valence-corrected chi connectivity index (χ0v) is 12.8. The van der Waals surface area contributed by atoms with Gasteiger partial charge in [0.25, 0.3) is 15.2 Å². The topological polar surface area (TPSA) is 90.9 Å². The lowest BCUT2D eigenvalue weighted by molar-refractivity contribution is 0.366. The monoisotopic (exact) mass is 300 g/mol. The lowest BCUT2D eigenvalue weighted by Gasteiger charge is -2.23. The molecule has 0 aliphatic rings. The summed E-state index contributed by atoms with van der Waals surface area (Å²) in [4.78, 5) is 1.99. The number of primary sulfonamides is 1. The van der Waals surface area contributed by atoms with E-state index in [0.717, 1.165) is 9.75 Å². The lowest BCUT2D eigenvalue weighted by atomic mass is 10.1. The minimum Gasteiger partial charge on any atom is -0.291 e. The first-order valence-electron chi connectivity index (χ1n) is 5.66. The fraction of sp³-hybridized carbons (Fsp3) is 0.455. The molecule has 2 N–H and O–H groups in total. The maximum absolute atomic E-state index is 11.6. The molecule has 2 rings (SSSR count). The largest absolute Gasteiger partial charge is 0.291 e. The Hall–Kier alpha value is -1.25. The second-order valence-electron chi connectivity index (χ2n) is 5.27. The highest BCUT2D eigenvalue weighted by atomic mass is 32.2. The molecule has 0 amide bonds. The Bertz CT molecular complexity index is 707. The number of hydrogen-bond acceptors (Lipinski definition) is 5. The molecule has 2 aromatic heterocycles. The van der Waals surface area contributed by atoms with Gasteiger partial charge in [0.15, 0.2) is 5.82 Å². The summed E-state index contributed by atoms with van der Waals surface area (Å²) in [5, 5.41) is 12.7. The van der Waals surface area contributed by atoms with E-state index in [2.05, 4.69) is 10.2 Å². The maximum atomic E-state index is 11.6. The van der Waals surface area contributed by atoms with Crippen molar-refractivity contribution in [2.45, 2.75) is 38.4 Å². The summed E-state index contributed by atoms with van der Waals surface area (Å²) in [5.41, 5.74) is -0.488. The van der Waals surface area contributed by atoms with Crippen LogP contribution in [-0.2, 0) is 15.6 Å². The van der Waals surface area contributed by atoms with Crippen LogP contribution < -0.4 is 5.14 Å². The maximum Gasteiger partial charge on any atom is 0.273 e. The van der Waals surface area contributed by atoms with Crippen LogP contribution >= 0.6 is 11.3 Å². The molecule has 8 heteroatoms. The molecule has 0 bridgehead atoms. The van der Waals surface area contributed by atoms with E-state index in [9.17, 15) is 8.42 Å². The third-order valence-corrected chi connectivity index (χ3v) is 4.29. The third kappa shape index (κ3) is 2.70. The zero-order chi connectivity index (χ0) is 14.4. The molecule has 0 saturated carbocycles. The van der Waals surface area contributed by atoms with E-state index in [1.54, 1.807) is 4.57 Å². The molecule has 6 nitrogen and oxygen atoms in total. The second kappa shape index (κ2) is 4.39. The highest BCUT2D eigenvalue weighted by Crippen LogP contribution is 2.31. The van der Waals surface area contributed by atoms with Crippen molar-refractivity contribution in [1.29, 1.82) is 0 Å². The van der Waals surface area contributed by atoms with Crippen LogP contribution in [0, 0.1) is 6.92 Å². The van der Waals surface area contributed by atoms with Crippen molar-refractivity contribution in [1.82, 2.24) is 14.8 Å². The molecule has 0 radical (unpaired) electrons. The number of aromatic nitrogens is 3. The quantitative estimate of drug-likeness (QED) is 0.914. The molecular weight excluding hydrogens is 284 g/mol. The molecule has 0 fully saturated rings. The van der Waals surface area contributed by atoms with Crippen molar-refractivity contribution in [2.75, 3.05) is 0 Å². The Morgan fingerprint density at radius 3 is 2.32 bits per heavy atom. The fourth-order valence-electron chi connectivity index (χ4n) is 1.77. The zero-order valence-electron chi connectivity index (χ0n) is 11.2. The van der Waals surface area contributed by atoms with Crippen LogP contribution in [0.25, 0.3) is 10.7 Å². The molecule has 2 aromatic rings. The summed E-state index contributed by atoms with van der Waals surface area (Å²) >= 11 is 1.54. The molecule has 0 aliphatic heterocycles. The van der Waals surface area contributed by atoms with Gasteiger partial charge in [-0.3, -0.25) is 4.57 Å². The standard InChI is InChI=1S/C11H16N4O2S2/c1-7-5-6-8(18-7)9-13-14-10(19(12,16)17)15(9)11(2,3)4/h5-6H,1-4H3,(H2,12,16,17). The van der Waals surface area contributed by atoms with Gasteiger partial charge in [-0.25, -0.2) is 13.6 Å². The Morgan fingerprint density at radius 1 is 1.26 bits per heavy atom. The minimum absolute atomic E-state index is 0.207. The van der Waals surface area contributed by atoms with Gasteiger partial charge in [-0.2, -0.15) is 0 Å². The number of nitrogens with two attached hydrogens (primary N) is 1. The van der Waals surface area contributed by atoms with Crippen molar-refractivity contribution in [3.63, 3.8) is 0 Å². The smallest absolute Gasteiger partial charge is 0.273 e. The average molecular weight is 300 g/mol. The van der Waals surface area contributed by atoms with Crippen LogP contribution in [0.5, 0.6) is 0 Å². The second-order valence-corrected chi connectivity index (χ2v) is 8.01. The fourth-order valence-corrected chi connectivity index (χ4v) is 3.39. The Labute approximate surface area is 116 Å². The SMILES string of the molecule is Cc1ccc(-c2nnc(S(N)(=O)=O)n2C(C)(C)C)s1. The van der Waals surface area contributed by atoms with Gasteiger partial charge in [0.2, 0.25) is 0 Å². The van der Waals surface area contributed by atoms with Gasteiger partial charge in [-0.1, -0.05) is 0 Å². The molecule has 19 heavy (non-hydrogen) atoms. The van der Waals surface area contributed by atoms with E-state index >= 15 is 0 Å². The van der Waals surface area contributed by atoms with Gasteiger partial charge in [-0.15, -0.1) is 21.5 Å². The Kier molecular flexibility index (Phi) is 3.28. The molecule has 0 atom stereocenters. The van der Waals surface area contributed by atoms with Crippen LogP contribution in [0.4, 0.5) is 0 Å². The summed E-state index contributed by atoms with van der Waals surface area (Å²) < 4.78 is 24.8. The van der Waals surface area contributed by atoms with Crippen LogP contribution in [0.2, 0.25) is 0 Å². The van der Waals surface area contributed by atoms with Crippen molar-refractivity contribution in [3.05, 3.63) is 17.0 Å². The number of hydrogen-bond donors (Lipinski definition) is 1. The van der Waals surface area contributed by atoms with Gasteiger partial charge < -0.3 is 0 Å². The minimum atomic E-state index is -3.90. The first kappa shape index (κ1) is 14.2. The Balaban J connectivity index is 2.74. The third-order valence-electron chi connectivity index (χ3n) is 2.52. The predicted octanol–water partition coefficient (Wildman–Crippen LogP) is 1.72. The van der Waals surface area contributed by atoms with E-state index in [1.807, 2.05) is 39.8 Å². The first-order chi connectivity index (χ1) is 8.60. The van der Waals surface area contributed by atoms with Gasteiger partial charge in [-0.05, 0) is 39.8 Å². The van der Waals surface area contributed by atoms with Gasteiger partial charge >= 0.3 is 0 Å².